The number of aromatic nitrogens is 1. The highest BCUT2D eigenvalue weighted by atomic mass is 16.4. The van der Waals surface area contributed by atoms with Gasteiger partial charge in [-0.25, -0.2) is 0 Å². The summed E-state index contributed by atoms with van der Waals surface area (Å²) in [5.74, 6) is -0.851. The molecule has 1 heterocycles. The largest absolute Gasteiger partial charge is 0.481 e. The predicted molar refractivity (Wildman–Crippen MR) is 52.4 cm³/mol. The highest BCUT2D eigenvalue weighted by Gasteiger charge is 2.09. The van der Waals surface area contributed by atoms with Gasteiger partial charge < -0.3 is 16.6 Å². The van der Waals surface area contributed by atoms with E-state index < -0.39 is 5.97 Å². The average molecular weight is 195 g/mol. The van der Waals surface area contributed by atoms with E-state index >= 15 is 0 Å². The molecule has 0 fully saturated rings. The summed E-state index contributed by atoms with van der Waals surface area (Å²) in [5.41, 5.74) is 12.4. The number of rotatable bonds is 4. The lowest BCUT2D eigenvalue weighted by molar-refractivity contribution is -0.137. The Bertz CT molecular complexity index is 310. The number of carboxylic acid groups (broad SMARTS) is 1. The SMILES string of the molecule is Nc1ccc(C(N)CCC(=O)O)nc1. The summed E-state index contributed by atoms with van der Waals surface area (Å²) in [7, 11) is 0. The molecule has 0 aromatic carbocycles. The van der Waals surface area contributed by atoms with E-state index in [0.717, 1.165) is 0 Å². The monoisotopic (exact) mass is 195 g/mol. The maximum absolute atomic E-state index is 10.3. The van der Waals surface area contributed by atoms with Crippen LogP contribution < -0.4 is 11.5 Å². The highest BCUT2D eigenvalue weighted by molar-refractivity contribution is 5.66. The number of hydrogen-bond donors (Lipinski definition) is 3. The van der Waals surface area contributed by atoms with Crippen molar-refractivity contribution in [2.75, 3.05) is 5.73 Å². The lowest BCUT2D eigenvalue weighted by Gasteiger charge is -2.09. The van der Waals surface area contributed by atoms with Crippen LogP contribution in [0.5, 0.6) is 0 Å². The van der Waals surface area contributed by atoms with E-state index in [1.807, 2.05) is 0 Å². The van der Waals surface area contributed by atoms with E-state index in [9.17, 15) is 4.79 Å². The minimum Gasteiger partial charge on any atom is -0.481 e. The third-order valence-corrected chi connectivity index (χ3v) is 1.86. The Kier molecular flexibility index (Phi) is 3.41. The fraction of sp³-hybridized carbons (Fsp3) is 0.333. The van der Waals surface area contributed by atoms with Gasteiger partial charge in [-0.15, -0.1) is 0 Å². The average Bonchev–Trinajstić information content (AvgIpc) is 2.15. The molecule has 0 aliphatic rings. The number of aliphatic carboxylic acids is 1. The molecule has 1 rings (SSSR count). The normalized spacial score (nSPS) is 12.4. The first-order valence-corrected chi connectivity index (χ1v) is 4.28. The van der Waals surface area contributed by atoms with Crippen LogP contribution in [0.25, 0.3) is 0 Å². The predicted octanol–water partition coefficient (Wildman–Crippen LogP) is 0.528. The number of anilines is 1. The van der Waals surface area contributed by atoms with Gasteiger partial charge in [0.15, 0.2) is 0 Å². The minimum atomic E-state index is -0.851. The lowest BCUT2D eigenvalue weighted by Crippen LogP contribution is -2.13. The van der Waals surface area contributed by atoms with Crippen LogP contribution in [0.2, 0.25) is 0 Å². The van der Waals surface area contributed by atoms with Crippen LogP contribution in [-0.2, 0) is 4.79 Å². The molecular formula is C9H13N3O2. The maximum Gasteiger partial charge on any atom is 0.303 e. The van der Waals surface area contributed by atoms with Gasteiger partial charge in [-0.2, -0.15) is 0 Å². The molecule has 1 unspecified atom stereocenters. The van der Waals surface area contributed by atoms with Gasteiger partial charge >= 0.3 is 5.97 Å². The molecule has 5 heteroatoms. The van der Waals surface area contributed by atoms with E-state index in [0.29, 0.717) is 17.8 Å². The van der Waals surface area contributed by atoms with Gasteiger partial charge in [0.2, 0.25) is 0 Å². The van der Waals surface area contributed by atoms with Crippen LogP contribution >= 0.6 is 0 Å². The van der Waals surface area contributed by atoms with Gasteiger partial charge in [-0.3, -0.25) is 9.78 Å². The molecule has 14 heavy (non-hydrogen) atoms. The summed E-state index contributed by atoms with van der Waals surface area (Å²) >= 11 is 0. The first-order chi connectivity index (χ1) is 6.59. The maximum atomic E-state index is 10.3. The van der Waals surface area contributed by atoms with Crippen LogP contribution in [0.3, 0.4) is 0 Å². The zero-order chi connectivity index (χ0) is 10.6. The standard InChI is InChI=1S/C9H13N3O2/c10-6-1-3-8(12-5-6)7(11)2-4-9(13)14/h1,3,5,7H,2,4,10-11H2,(H,13,14). The summed E-state index contributed by atoms with van der Waals surface area (Å²) in [6.45, 7) is 0. The Balaban J connectivity index is 2.56. The second-order valence-electron chi connectivity index (χ2n) is 3.06. The Morgan fingerprint density at radius 2 is 2.29 bits per heavy atom. The Morgan fingerprint density at radius 3 is 2.79 bits per heavy atom. The minimum absolute atomic E-state index is 0.0488. The van der Waals surface area contributed by atoms with Crippen molar-refractivity contribution in [3.05, 3.63) is 24.0 Å². The fourth-order valence-corrected chi connectivity index (χ4v) is 1.06. The van der Waals surface area contributed by atoms with Crippen molar-refractivity contribution in [1.82, 2.24) is 4.98 Å². The van der Waals surface area contributed by atoms with Gasteiger partial charge in [0.05, 0.1) is 17.6 Å². The molecule has 0 bridgehead atoms. The quantitative estimate of drug-likeness (QED) is 0.650. The van der Waals surface area contributed by atoms with E-state index in [2.05, 4.69) is 4.98 Å². The summed E-state index contributed by atoms with van der Waals surface area (Å²) in [6.07, 6.45) is 1.94. The molecule has 5 nitrogen and oxygen atoms in total. The molecule has 0 radical (unpaired) electrons. The van der Waals surface area contributed by atoms with Crippen LogP contribution in [-0.4, -0.2) is 16.1 Å². The molecule has 5 N–H and O–H groups in total. The van der Waals surface area contributed by atoms with Crippen molar-refractivity contribution in [3.63, 3.8) is 0 Å². The summed E-state index contributed by atoms with van der Waals surface area (Å²) in [6, 6.07) is 3.07. The second kappa shape index (κ2) is 4.57. The van der Waals surface area contributed by atoms with Crippen molar-refractivity contribution in [2.45, 2.75) is 18.9 Å². The van der Waals surface area contributed by atoms with Crippen LogP contribution in [0.4, 0.5) is 5.69 Å². The topological polar surface area (TPSA) is 102 Å². The second-order valence-corrected chi connectivity index (χ2v) is 3.06. The zero-order valence-electron chi connectivity index (χ0n) is 7.68. The van der Waals surface area contributed by atoms with Gasteiger partial charge in [0, 0.05) is 12.5 Å². The van der Waals surface area contributed by atoms with Crippen molar-refractivity contribution in [1.29, 1.82) is 0 Å². The molecule has 0 saturated heterocycles. The fourth-order valence-electron chi connectivity index (χ4n) is 1.06. The van der Waals surface area contributed by atoms with Gasteiger partial charge in [0.25, 0.3) is 0 Å². The molecular weight excluding hydrogens is 182 g/mol. The molecule has 0 amide bonds. The van der Waals surface area contributed by atoms with E-state index in [-0.39, 0.29) is 12.5 Å². The molecule has 1 atom stereocenters. The van der Waals surface area contributed by atoms with Gasteiger partial charge in [-0.05, 0) is 18.6 Å². The van der Waals surface area contributed by atoms with Gasteiger partial charge in [0.1, 0.15) is 0 Å². The van der Waals surface area contributed by atoms with Crippen molar-refractivity contribution in [2.24, 2.45) is 5.73 Å². The number of carboxylic acids is 1. The van der Waals surface area contributed by atoms with E-state index in [1.54, 1.807) is 12.1 Å². The first kappa shape index (κ1) is 10.5. The summed E-state index contributed by atoms with van der Waals surface area (Å²) in [4.78, 5) is 14.3. The van der Waals surface area contributed by atoms with Gasteiger partial charge in [-0.1, -0.05) is 0 Å². The van der Waals surface area contributed by atoms with Crippen LogP contribution in [0.1, 0.15) is 24.6 Å². The number of pyridine rings is 1. The smallest absolute Gasteiger partial charge is 0.303 e. The zero-order valence-corrected chi connectivity index (χ0v) is 7.68. The van der Waals surface area contributed by atoms with E-state index in [1.165, 1.54) is 6.20 Å². The molecule has 76 valence electrons. The lowest BCUT2D eigenvalue weighted by atomic mass is 10.1. The number of nitrogens with two attached hydrogens (primary N) is 2. The Labute approximate surface area is 81.7 Å². The third kappa shape index (κ3) is 3.02. The highest BCUT2D eigenvalue weighted by Crippen LogP contribution is 2.13. The van der Waals surface area contributed by atoms with Crippen molar-refractivity contribution < 1.29 is 9.90 Å². The molecule has 1 aromatic rings. The molecule has 0 aliphatic heterocycles. The molecule has 0 aliphatic carbocycles. The summed E-state index contributed by atoms with van der Waals surface area (Å²) in [5, 5.41) is 8.46. The number of nitrogen functional groups attached to an aromatic ring is 1. The number of carbonyl (C=O) groups is 1. The van der Waals surface area contributed by atoms with Crippen LogP contribution in [0.15, 0.2) is 18.3 Å². The first-order valence-electron chi connectivity index (χ1n) is 4.28. The van der Waals surface area contributed by atoms with E-state index in [4.69, 9.17) is 16.6 Å². The molecule has 1 aromatic heterocycles. The number of hydrogen-bond acceptors (Lipinski definition) is 4. The molecule has 0 saturated carbocycles. The summed E-state index contributed by atoms with van der Waals surface area (Å²) < 4.78 is 0. The third-order valence-electron chi connectivity index (χ3n) is 1.86. The Morgan fingerprint density at radius 1 is 1.57 bits per heavy atom. The number of nitrogens with zero attached hydrogens (tertiary/aromatic N) is 1. The van der Waals surface area contributed by atoms with Crippen molar-refractivity contribution in [3.8, 4) is 0 Å². The Hall–Kier alpha value is -1.62. The van der Waals surface area contributed by atoms with Crippen molar-refractivity contribution >= 4 is 11.7 Å². The molecule has 0 spiro atoms. The van der Waals surface area contributed by atoms with Crippen LogP contribution in [0, 0.1) is 0 Å².